The van der Waals surface area contributed by atoms with Crippen LogP contribution in [0.3, 0.4) is 0 Å². The molecule has 0 radical (unpaired) electrons. The van der Waals surface area contributed by atoms with E-state index in [0.717, 1.165) is 24.8 Å². The van der Waals surface area contributed by atoms with Crippen molar-refractivity contribution in [3.63, 3.8) is 0 Å². The predicted octanol–water partition coefficient (Wildman–Crippen LogP) is 2.26. The first-order valence-electron chi connectivity index (χ1n) is 7.23. The molecule has 1 aliphatic carbocycles. The lowest BCUT2D eigenvalue weighted by atomic mass is 9.88. The van der Waals surface area contributed by atoms with E-state index < -0.39 is 10.0 Å². The lowest BCUT2D eigenvalue weighted by molar-refractivity contribution is 0.507. The molecule has 0 fully saturated rings. The van der Waals surface area contributed by atoms with Crippen molar-refractivity contribution in [1.29, 1.82) is 0 Å². The fraction of sp³-hybridized carbons (Fsp3) is 0.400. The van der Waals surface area contributed by atoms with Crippen LogP contribution in [-0.2, 0) is 23.0 Å². The van der Waals surface area contributed by atoms with Crippen LogP contribution in [-0.4, -0.2) is 18.2 Å². The molecule has 1 N–H and O–H groups in total. The van der Waals surface area contributed by atoms with Gasteiger partial charge in [-0.15, -0.1) is 0 Å². The van der Waals surface area contributed by atoms with Gasteiger partial charge in [0.1, 0.15) is 4.90 Å². The Morgan fingerprint density at radius 1 is 1.38 bits per heavy atom. The van der Waals surface area contributed by atoms with E-state index in [2.05, 4.69) is 15.9 Å². The first kappa shape index (κ1) is 14.3. The van der Waals surface area contributed by atoms with E-state index in [1.54, 1.807) is 10.9 Å². The first-order valence-corrected chi connectivity index (χ1v) is 8.71. The molecule has 21 heavy (non-hydrogen) atoms. The maximum absolute atomic E-state index is 12.5. The van der Waals surface area contributed by atoms with Crippen molar-refractivity contribution in [2.75, 3.05) is 0 Å². The summed E-state index contributed by atoms with van der Waals surface area (Å²) in [6, 6.07) is 7.90. The third-order valence-corrected chi connectivity index (χ3v) is 5.34. The number of benzene rings is 1. The number of aryl methyl sites for hydroxylation is 2. The van der Waals surface area contributed by atoms with Gasteiger partial charge < -0.3 is 0 Å². The fourth-order valence-corrected chi connectivity index (χ4v) is 3.99. The third-order valence-electron chi connectivity index (χ3n) is 3.91. The lowest BCUT2D eigenvalue weighted by Crippen LogP contribution is -2.30. The summed E-state index contributed by atoms with van der Waals surface area (Å²) in [5.74, 6) is 0. The maximum Gasteiger partial charge on any atom is 0.244 e. The molecule has 5 nitrogen and oxygen atoms in total. The van der Waals surface area contributed by atoms with Crippen LogP contribution in [0.15, 0.2) is 41.6 Å². The van der Waals surface area contributed by atoms with Crippen LogP contribution in [0, 0.1) is 0 Å². The number of aromatic nitrogens is 2. The Morgan fingerprint density at radius 3 is 2.95 bits per heavy atom. The molecule has 1 aliphatic rings. The van der Waals surface area contributed by atoms with Crippen molar-refractivity contribution in [1.82, 2.24) is 14.5 Å². The van der Waals surface area contributed by atoms with Crippen LogP contribution in [0.1, 0.15) is 36.9 Å². The van der Waals surface area contributed by atoms with Gasteiger partial charge in [0, 0.05) is 18.8 Å². The minimum Gasteiger partial charge on any atom is -0.272 e. The van der Waals surface area contributed by atoms with Crippen molar-refractivity contribution >= 4 is 10.0 Å². The molecule has 3 rings (SSSR count). The highest BCUT2D eigenvalue weighted by molar-refractivity contribution is 7.89. The zero-order chi connectivity index (χ0) is 14.9. The lowest BCUT2D eigenvalue weighted by Gasteiger charge is -2.25. The average Bonchev–Trinajstić information content (AvgIpc) is 2.97. The van der Waals surface area contributed by atoms with Crippen molar-refractivity contribution in [3.8, 4) is 0 Å². The summed E-state index contributed by atoms with van der Waals surface area (Å²) >= 11 is 0. The van der Waals surface area contributed by atoms with Crippen molar-refractivity contribution in [2.24, 2.45) is 0 Å². The molecule has 0 bridgehead atoms. The Balaban J connectivity index is 1.86. The fourth-order valence-electron chi connectivity index (χ4n) is 2.79. The minimum atomic E-state index is -3.53. The molecule has 0 spiro atoms. The van der Waals surface area contributed by atoms with Crippen molar-refractivity contribution < 1.29 is 8.42 Å². The molecule has 2 aromatic rings. The number of hydrogen-bond donors (Lipinski definition) is 1. The largest absolute Gasteiger partial charge is 0.272 e. The molecule has 1 aromatic heterocycles. The molecule has 0 aliphatic heterocycles. The van der Waals surface area contributed by atoms with E-state index in [1.807, 2.05) is 25.1 Å². The summed E-state index contributed by atoms with van der Waals surface area (Å²) < 4.78 is 29.4. The van der Waals surface area contributed by atoms with Crippen LogP contribution in [0.5, 0.6) is 0 Å². The second-order valence-electron chi connectivity index (χ2n) is 5.30. The summed E-state index contributed by atoms with van der Waals surface area (Å²) in [4.78, 5) is 0.229. The quantitative estimate of drug-likeness (QED) is 0.942. The minimum absolute atomic E-state index is 0.148. The number of nitrogens with zero attached hydrogens (tertiary/aromatic N) is 2. The number of hydrogen-bond acceptors (Lipinski definition) is 3. The molecule has 1 aromatic carbocycles. The van der Waals surface area contributed by atoms with Gasteiger partial charge in [-0.05, 0) is 37.3 Å². The third kappa shape index (κ3) is 2.87. The van der Waals surface area contributed by atoms with E-state index in [1.165, 1.54) is 11.8 Å². The van der Waals surface area contributed by atoms with Crippen molar-refractivity contribution in [2.45, 2.75) is 43.7 Å². The number of rotatable bonds is 4. The molecule has 6 heteroatoms. The van der Waals surface area contributed by atoms with Gasteiger partial charge in [0.15, 0.2) is 0 Å². The standard InChI is InChI=1S/C15H19N3O2S/c1-2-18-11-13(10-16-18)21(19,20)17-15-9-5-7-12-6-3-4-8-14(12)15/h3-4,6,8,10-11,15,17H,2,5,7,9H2,1H3. The highest BCUT2D eigenvalue weighted by atomic mass is 32.2. The normalized spacial score (nSPS) is 18.4. The van der Waals surface area contributed by atoms with E-state index in [9.17, 15) is 8.42 Å². The van der Waals surface area contributed by atoms with Crippen LogP contribution in [0.25, 0.3) is 0 Å². The highest BCUT2D eigenvalue weighted by Gasteiger charge is 2.26. The Hall–Kier alpha value is -1.66. The number of sulfonamides is 1. The smallest absolute Gasteiger partial charge is 0.244 e. The van der Waals surface area contributed by atoms with Gasteiger partial charge >= 0.3 is 0 Å². The molecule has 1 unspecified atom stereocenters. The Kier molecular flexibility index (Phi) is 3.82. The van der Waals surface area contributed by atoms with Crippen LogP contribution in [0.4, 0.5) is 0 Å². The Labute approximate surface area is 125 Å². The average molecular weight is 305 g/mol. The topological polar surface area (TPSA) is 64.0 Å². The van der Waals surface area contributed by atoms with E-state index in [4.69, 9.17) is 0 Å². The molecular weight excluding hydrogens is 286 g/mol. The number of fused-ring (bicyclic) bond motifs is 1. The predicted molar refractivity (Wildman–Crippen MR) is 80.3 cm³/mol. The Morgan fingerprint density at radius 2 is 2.19 bits per heavy atom. The monoisotopic (exact) mass is 305 g/mol. The summed E-state index contributed by atoms with van der Waals surface area (Å²) in [6.45, 7) is 2.58. The molecule has 112 valence electrons. The van der Waals surface area contributed by atoms with Crippen LogP contribution >= 0.6 is 0 Å². The van der Waals surface area contributed by atoms with Crippen LogP contribution < -0.4 is 4.72 Å². The van der Waals surface area contributed by atoms with E-state index >= 15 is 0 Å². The zero-order valence-electron chi connectivity index (χ0n) is 12.0. The van der Waals surface area contributed by atoms with Gasteiger partial charge in [-0.2, -0.15) is 5.10 Å². The van der Waals surface area contributed by atoms with E-state index in [-0.39, 0.29) is 10.9 Å². The number of nitrogens with one attached hydrogen (secondary N) is 1. The zero-order valence-corrected chi connectivity index (χ0v) is 12.8. The first-order chi connectivity index (χ1) is 10.1. The van der Waals surface area contributed by atoms with Gasteiger partial charge in [-0.1, -0.05) is 24.3 Å². The Bertz CT molecular complexity index is 737. The summed E-state index contributed by atoms with van der Waals surface area (Å²) in [7, 11) is -3.53. The summed E-state index contributed by atoms with van der Waals surface area (Å²) in [5, 5.41) is 4.04. The van der Waals surface area contributed by atoms with Gasteiger partial charge in [-0.25, -0.2) is 13.1 Å². The van der Waals surface area contributed by atoms with Gasteiger partial charge in [0.2, 0.25) is 10.0 Å². The van der Waals surface area contributed by atoms with Crippen LogP contribution in [0.2, 0.25) is 0 Å². The molecule has 0 amide bonds. The summed E-state index contributed by atoms with van der Waals surface area (Å²) in [5.41, 5.74) is 2.33. The molecule has 0 saturated heterocycles. The van der Waals surface area contributed by atoms with Gasteiger partial charge in [0.05, 0.1) is 6.20 Å². The summed E-state index contributed by atoms with van der Waals surface area (Å²) in [6.07, 6.45) is 5.82. The van der Waals surface area contributed by atoms with Crippen molar-refractivity contribution in [3.05, 3.63) is 47.8 Å². The second kappa shape index (κ2) is 5.61. The molecule has 0 saturated carbocycles. The highest BCUT2D eigenvalue weighted by Crippen LogP contribution is 2.30. The maximum atomic E-state index is 12.5. The molecule has 1 heterocycles. The van der Waals surface area contributed by atoms with E-state index in [0.29, 0.717) is 6.54 Å². The SMILES string of the molecule is CCn1cc(S(=O)(=O)NC2CCCc3ccccc32)cn1. The van der Waals surface area contributed by atoms with Gasteiger partial charge in [-0.3, -0.25) is 4.68 Å². The molecular formula is C15H19N3O2S. The molecule has 1 atom stereocenters. The van der Waals surface area contributed by atoms with Gasteiger partial charge in [0.25, 0.3) is 0 Å². The second-order valence-corrected chi connectivity index (χ2v) is 7.01.